The second-order valence-electron chi connectivity index (χ2n) is 4.75. The summed E-state index contributed by atoms with van der Waals surface area (Å²) >= 11 is 1.40. The molecule has 0 aliphatic heterocycles. The number of hydrogen-bond acceptors (Lipinski definition) is 1. The molecule has 0 unspecified atom stereocenters. The van der Waals surface area contributed by atoms with Gasteiger partial charge in [-0.3, -0.25) is 0 Å². The quantitative estimate of drug-likeness (QED) is 0.220. The first-order valence-electron chi connectivity index (χ1n) is 6.15. The lowest BCUT2D eigenvalue weighted by molar-refractivity contribution is 0.418. The second kappa shape index (κ2) is 4.18. The molecule has 0 amide bonds. The number of halogens is 4. The van der Waals surface area contributed by atoms with Crippen molar-refractivity contribution in [2.75, 3.05) is 0 Å². The van der Waals surface area contributed by atoms with Gasteiger partial charge in [0.15, 0.2) is 23.3 Å². The summed E-state index contributed by atoms with van der Waals surface area (Å²) in [5.74, 6) is -6.27. The Kier molecular flexibility index (Phi) is 2.50. The number of fused-ring (bicyclic) bond motifs is 4. The van der Waals surface area contributed by atoms with Crippen LogP contribution in [0.4, 0.5) is 17.6 Å². The Labute approximate surface area is 120 Å². The Morgan fingerprint density at radius 1 is 0.571 bits per heavy atom. The van der Waals surface area contributed by atoms with E-state index < -0.39 is 23.3 Å². The van der Waals surface area contributed by atoms with Gasteiger partial charge in [0.05, 0.1) is 0 Å². The summed E-state index contributed by atoms with van der Waals surface area (Å²) in [4.78, 5) is 0. The van der Waals surface area contributed by atoms with E-state index in [0.29, 0.717) is 10.1 Å². The maximum absolute atomic E-state index is 13.9. The van der Waals surface area contributed by atoms with Gasteiger partial charge in [-0.05, 0) is 18.2 Å². The van der Waals surface area contributed by atoms with E-state index in [1.807, 2.05) is 24.3 Å². The first kappa shape index (κ1) is 12.6. The van der Waals surface area contributed by atoms with Crippen molar-refractivity contribution in [3.05, 3.63) is 59.7 Å². The first-order valence-corrected chi connectivity index (χ1v) is 6.96. The van der Waals surface area contributed by atoms with E-state index in [1.165, 1.54) is 23.5 Å². The Bertz CT molecular complexity index is 1030. The molecule has 0 fully saturated rings. The number of hydrogen-bond donors (Lipinski definition) is 0. The molecule has 0 nitrogen and oxygen atoms in total. The maximum Gasteiger partial charge on any atom is 0.198 e. The van der Waals surface area contributed by atoms with Crippen molar-refractivity contribution < 1.29 is 17.6 Å². The molecule has 0 saturated carbocycles. The molecular formula is C16H6F4S. The van der Waals surface area contributed by atoms with Crippen LogP contribution in [0.3, 0.4) is 0 Å². The van der Waals surface area contributed by atoms with Crippen molar-refractivity contribution >= 4 is 42.3 Å². The average molecular weight is 306 g/mol. The summed E-state index contributed by atoms with van der Waals surface area (Å²) in [5, 5.41) is 1.09. The van der Waals surface area contributed by atoms with E-state index in [0.717, 1.165) is 10.1 Å². The average Bonchev–Trinajstić information content (AvgIpc) is 2.87. The van der Waals surface area contributed by atoms with Crippen molar-refractivity contribution in [1.82, 2.24) is 0 Å². The molecule has 0 saturated heterocycles. The molecule has 5 heteroatoms. The molecule has 4 aromatic rings. The minimum atomic E-state index is -1.78. The Balaban J connectivity index is 2.28. The summed E-state index contributed by atoms with van der Waals surface area (Å²) in [6.07, 6.45) is 0. The van der Waals surface area contributed by atoms with Gasteiger partial charge in [-0.25, -0.2) is 17.6 Å². The molecule has 104 valence electrons. The van der Waals surface area contributed by atoms with Gasteiger partial charge in [-0.15, -0.1) is 11.3 Å². The molecule has 1 heterocycles. The standard InChI is InChI=1S/C16H6F4S/c17-13-9-5-8-7-3-1-2-4-11(7)21-12(8)6-10(9)14(18)16(20)15(13)19/h1-6H. The largest absolute Gasteiger partial charge is 0.203 e. The fraction of sp³-hybridized carbons (Fsp3) is 0. The summed E-state index contributed by atoms with van der Waals surface area (Å²) in [6, 6.07) is 10.2. The van der Waals surface area contributed by atoms with Gasteiger partial charge in [0.2, 0.25) is 0 Å². The van der Waals surface area contributed by atoms with Crippen molar-refractivity contribution in [3.63, 3.8) is 0 Å². The smallest absolute Gasteiger partial charge is 0.198 e. The van der Waals surface area contributed by atoms with Crippen LogP contribution in [0.15, 0.2) is 36.4 Å². The number of benzene rings is 3. The highest BCUT2D eigenvalue weighted by Crippen LogP contribution is 2.38. The van der Waals surface area contributed by atoms with E-state index in [1.54, 1.807) is 0 Å². The highest BCUT2D eigenvalue weighted by molar-refractivity contribution is 7.25. The van der Waals surface area contributed by atoms with E-state index in [2.05, 4.69) is 0 Å². The molecule has 1 aromatic heterocycles. The minimum absolute atomic E-state index is 0.245. The van der Waals surface area contributed by atoms with Crippen LogP contribution in [0.1, 0.15) is 0 Å². The zero-order valence-electron chi connectivity index (χ0n) is 10.4. The third-order valence-corrected chi connectivity index (χ3v) is 4.70. The predicted molar refractivity (Wildman–Crippen MR) is 76.7 cm³/mol. The van der Waals surface area contributed by atoms with Crippen LogP contribution in [0.2, 0.25) is 0 Å². The van der Waals surface area contributed by atoms with Crippen molar-refractivity contribution in [3.8, 4) is 0 Å². The molecule has 0 aliphatic carbocycles. The van der Waals surface area contributed by atoms with Crippen LogP contribution in [0, 0.1) is 23.3 Å². The van der Waals surface area contributed by atoms with Gasteiger partial charge in [0.1, 0.15) is 0 Å². The third kappa shape index (κ3) is 1.61. The molecule has 0 spiro atoms. The normalized spacial score (nSPS) is 11.8. The van der Waals surface area contributed by atoms with Crippen molar-refractivity contribution in [1.29, 1.82) is 0 Å². The molecule has 4 rings (SSSR count). The van der Waals surface area contributed by atoms with Crippen molar-refractivity contribution in [2.24, 2.45) is 0 Å². The molecule has 3 aromatic carbocycles. The highest BCUT2D eigenvalue weighted by Gasteiger charge is 2.21. The monoisotopic (exact) mass is 306 g/mol. The lowest BCUT2D eigenvalue weighted by Crippen LogP contribution is -1.97. The van der Waals surface area contributed by atoms with E-state index in [-0.39, 0.29) is 10.8 Å². The first-order chi connectivity index (χ1) is 10.1. The lowest BCUT2D eigenvalue weighted by atomic mass is 10.0. The molecule has 21 heavy (non-hydrogen) atoms. The summed E-state index contributed by atoms with van der Waals surface area (Å²) in [7, 11) is 0. The number of thiophene rings is 1. The van der Waals surface area contributed by atoms with Crippen LogP contribution in [0.5, 0.6) is 0 Å². The molecule has 0 atom stereocenters. The molecule has 0 radical (unpaired) electrons. The van der Waals surface area contributed by atoms with E-state index in [9.17, 15) is 17.6 Å². The molecule has 0 bridgehead atoms. The van der Waals surface area contributed by atoms with Gasteiger partial charge in [-0.2, -0.15) is 0 Å². The third-order valence-electron chi connectivity index (χ3n) is 3.57. The lowest BCUT2D eigenvalue weighted by Gasteiger charge is -2.05. The topological polar surface area (TPSA) is 0 Å². The van der Waals surface area contributed by atoms with Gasteiger partial charge in [0.25, 0.3) is 0 Å². The maximum atomic E-state index is 13.9. The number of rotatable bonds is 0. The van der Waals surface area contributed by atoms with Crippen LogP contribution < -0.4 is 0 Å². The van der Waals surface area contributed by atoms with Crippen LogP contribution >= 0.6 is 11.3 Å². The van der Waals surface area contributed by atoms with Gasteiger partial charge in [0, 0.05) is 30.9 Å². The van der Waals surface area contributed by atoms with Gasteiger partial charge in [-0.1, -0.05) is 18.2 Å². The van der Waals surface area contributed by atoms with Crippen LogP contribution in [-0.4, -0.2) is 0 Å². The summed E-state index contributed by atoms with van der Waals surface area (Å²) in [5.41, 5.74) is 0. The zero-order valence-corrected chi connectivity index (χ0v) is 11.2. The fourth-order valence-corrected chi connectivity index (χ4v) is 3.69. The van der Waals surface area contributed by atoms with E-state index >= 15 is 0 Å². The van der Waals surface area contributed by atoms with E-state index in [4.69, 9.17) is 0 Å². The Morgan fingerprint density at radius 3 is 1.90 bits per heavy atom. The zero-order chi connectivity index (χ0) is 14.7. The van der Waals surface area contributed by atoms with Crippen LogP contribution in [-0.2, 0) is 0 Å². The molecular weight excluding hydrogens is 300 g/mol. The highest BCUT2D eigenvalue weighted by atomic mass is 32.1. The summed E-state index contributed by atoms with van der Waals surface area (Å²) in [6.45, 7) is 0. The SMILES string of the molecule is Fc1c(F)c(F)c2cc3c(cc2c1F)sc1ccccc13. The molecule has 0 aliphatic rings. The fourth-order valence-electron chi connectivity index (χ4n) is 2.56. The van der Waals surface area contributed by atoms with Gasteiger partial charge < -0.3 is 0 Å². The predicted octanol–water partition coefficient (Wildman–Crippen LogP) is 5.76. The Hall–Kier alpha value is -2.14. The van der Waals surface area contributed by atoms with Crippen LogP contribution in [0.25, 0.3) is 30.9 Å². The summed E-state index contributed by atoms with van der Waals surface area (Å²) < 4.78 is 56.1. The van der Waals surface area contributed by atoms with Gasteiger partial charge >= 0.3 is 0 Å². The molecule has 0 N–H and O–H groups in total. The Morgan fingerprint density at radius 2 is 1.19 bits per heavy atom. The van der Waals surface area contributed by atoms with Crippen molar-refractivity contribution in [2.45, 2.75) is 0 Å². The minimum Gasteiger partial charge on any atom is -0.203 e. The second-order valence-corrected chi connectivity index (χ2v) is 5.83.